The van der Waals surface area contributed by atoms with E-state index in [4.69, 9.17) is 15.2 Å². The number of ether oxygens (including phenoxy) is 2. The standard InChI is InChI=1S/C16H18FNO2/c1-11(18)13-5-3-4-6-15(13)20-10-12-7-8-16(19-2)14(17)9-12/h3-9,11H,10,18H2,1-2H3. The third-order valence-corrected chi connectivity index (χ3v) is 3.02. The van der Waals surface area contributed by atoms with Gasteiger partial charge in [0.05, 0.1) is 7.11 Å². The maximum atomic E-state index is 13.6. The molecule has 2 N–H and O–H groups in total. The SMILES string of the molecule is COc1ccc(COc2ccccc2C(C)N)cc1F. The second-order valence-corrected chi connectivity index (χ2v) is 4.58. The molecule has 20 heavy (non-hydrogen) atoms. The summed E-state index contributed by atoms with van der Waals surface area (Å²) >= 11 is 0. The number of para-hydroxylation sites is 1. The van der Waals surface area contributed by atoms with Crippen LogP contribution in [0.1, 0.15) is 24.1 Å². The van der Waals surface area contributed by atoms with Crippen LogP contribution in [0.4, 0.5) is 4.39 Å². The fraction of sp³-hybridized carbons (Fsp3) is 0.250. The zero-order valence-corrected chi connectivity index (χ0v) is 11.6. The molecular weight excluding hydrogens is 257 g/mol. The summed E-state index contributed by atoms with van der Waals surface area (Å²) in [6.45, 7) is 2.18. The van der Waals surface area contributed by atoms with E-state index < -0.39 is 5.82 Å². The van der Waals surface area contributed by atoms with Gasteiger partial charge in [-0.3, -0.25) is 0 Å². The highest BCUT2D eigenvalue weighted by molar-refractivity contribution is 5.36. The molecule has 1 atom stereocenters. The van der Waals surface area contributed by atoms with Crippen molar-refractivity contribution in [3.63, 3.8) is 0 Å². The van der Waals surface area contributed by atoms with Gasteiger partial charge in [-0.2, -0.15) is 0 Å². The Bertz CT molecular complexity index is 584. The van der Waals surface area contributed by atoms with Crippen LogP contribution in [0.3, 0.4) is 0 Å². The van der Waals surface area contributed by atoms with Gasteiger partial charge in [0.25, 0.3) is 0 Å². The maximum absolute atomic E-state index is 13.6. The minimum absolute atomic E-state index is 0.112. The normalized spacial score (nSPS) is 12.0. The van der Waals surface area contributed by atoms with Crippen molar-refractivity contribution >= 4 is 0 Å². The van der Waals surface area contributed by atoms with Crippen LogP contribution >= 0.6 is 0 Å². The van der Waals surface area contributed by atoms with Crippen LogP contribution in [0.25, 0.3) is 0 Å². The summed E-state index contributed by atoms with van der Waals surface area (Å²) in [6.07, 6.45) is 0. The molecule has 0 fully saturated rings. The van der Waals surface area contributed by atoms with Crippen molar-refractivity contribution in [3.8, 4) is 11.5 Å². The Balaban J connectivity index is 2.11. The van der Waals surface area contributed by atoms with Crippen molar-refractivity contribution < 1.29 is 13.9 Å². The van der Waals surface area contributed by atoms with Crippen molar-refractivity contribution in [3.05, 3.63) is 59.4 Å². The molecule has 0 aliphatic heterocycles. The molecule has 0 aliphatic rings. The van der Waals surface area contributed by atoms with Gasteiger partial charge in [-0.1, -0.05) is 24.3 Å². The highest BCUT2D eigenvalue weighted by atomic mass is 19.1. The van der Waals surface area contributed by atoms with E-state index in [9.17, 15) is 4.39 Å². The molecule has 0 bridgehead atoms. The fourth-order valence-corrected chi connectivity index (χ4v) is 1.95. The lowest BCUT2D eigenvalue weighted by Crippen LogP contribution is -2.08. The van der Waals surface area contributed by atoms with Crippen molar-refractivity contribution in [2.24, 2.45) is 5.73 Å². The van der Waals surface area contributed by atoms with Gasteiger partial charge >= 0.3 is 0 Å². The first-order chi connectivity index (χ1) is 9.61. The summed E-state index contributed by atoms with van der Waals surface area (Å²) in [5, 5.41) is 0. The third-order valence-electron chi connectivity index (χ3n) is 3.02. The van der Waals surface area contributed by atoms with Crippen molar-refractivity contribution in [2.45, 2.75) is 19.6 Å². The van der Waals surface area contributed by atoms with E-state index in [1.54, 1.807) is 12.1 Å². The van der Waals surface area contributed by atoms with Crippen LogP contribution in [-0.4, -0.2) is 7.11 Å². The highest BCUT2D eigenvalue weighted by Crippen LogP contribution is 2.25. The maximum Gasteiger partial charge on any atom is 0.165 e. The van der Waals surface area contributed by atoms with E-state index in [1.807, 2.05) is 31.2 Å². The van der Waals surface area contributed by atoms with Gasteiger partial charge in [-0.05, 0) is 30.7 Å². The lowest BCUT2D eigenvalue weighted by Gasteiger charge is -2.14. The summed E-state index contributed by atoms with van der Waals surface area (Å²) < 4.78 is 24.2. The van der Waals surface area contributed by atoms with Crippen molar-refractivity contribution in [2.75, 3.05) is 7.11 Å². The average molecular weight is 275 g/mol. The van der Waals surface area contributed by atoms with E-state index in [0.717, 1.165) is 16.9 Å². The van der Waals surface area contributed by atoms with Crippen LogP contribution in [0.5, 0.6) is 11.5 Å². The third kappa shape index (κ3) is 3.27. The molecule has 106 valence electrons. The Kier molecular flexibility index (Phi) is 4.58. The van der Waals surface area contributed by atoms with Gasteiger partial charge in [0.1, 0.15) is 12.4 Å². The molecule has 0 amide bonds. The number of methoxy groups -OCH3 is 1. The number of hydrogen-bond donors (Lipinski definition) is 1. The molecule has 0 saturated carbocycles. The topological polar surface area (TPSA) is 44.5 Å². The number of halogens is 1. The van der Waals surface area contributed by atoms with Crippen LogP contribution in [0.2, 0.25) is 0 Å². The highest BCUT2D eigenvalue weighted by Gasteiger charge is 2.08. The van der Waals surface area contributed by atoms with Crippen LogP contribution in [0, 0.1) is 5.82 Å². The zero-order valence-electron chi connectivity index (χ0n) is 11.6. The van der Waals surface area contributed by atoms with Gasteiger partial charge in [0, 0.05) is 11.6 Å². The monoisotopic (exact) mass is 275 g/mol. The Labute approximate surface area is 118 Å². The molecule has 4 heteroatoms. The second-order valence-electron chi connectivity index (χ2n) is 4.58. The Morgan fingerprint density at radius 3 is 2.55 bits per heavy atom. The number of rotatable bonds is 5. The molecule has 2 aromatic rings. The molecule has 3 nitrogen and oxygen atoms in total. The van der Waals surface area contributed by atoms with Gasteiger partial charge < -0.3 is 15.2 Å². The van der Waals surface area contributed by atoms with Crippen LogP contribution < -0.4 is 15.2 Å². The van der Waals surface area contributed by atoms with Crippen molar-refractivity contribution in [1.29, 1.82) is 0 Å². The van der Waals surface area contributed by atoms with Crippen LogP contribution in [-0.2, 0) is 6.61 Å². The summed E-state index contributed by atoms with van der Waals surface area (Å²) in [4.78, 5) is 0. The molecule has 2 aromatic carbocycles. The van der Waals surface area contributed by atoms with Gasteiger partial charge in [-0.25, -0.2) is 4.39 Å². The van der Waals surface area contributed by atoms with Gasteiger partial charge in [0.2, 0.25) is 0 Å². The number of hydrogen-bond acceptors (Lipinski definition) is 3. The lowest BCUT2D eigenvalue weighted by atomic mass is 10.1. The van der Waals surface area contributed by atoms with Crippen LogP contribution in [0.15, 0.2) is 42.5 Å². The second kappa shape index (κ2) is 6.39. The predicted molar refractivity (Wildman–Crippen MR) is 76.3 cm³/mol. The number of benzene rings is 2. The quantitative estimate of drug-likeness (QED) is 0.909. The molecule has 0 aliphatic carbocycles. The molecular formula is C16H18FNO2. The van der Waals surface area contributed by atoms with E-state index in [-0.39, 0.29) is 18.4 Å². The zero-order chi connectivity index (χ0) is 14.5. The lowest BCUT2D eigenvalue weighted by molar-refractivity contribution is 0.300. The molecule has 0 spiro atoms. The molecule has 0 saturated heterocycles. The summed E-state index contributed by atoms with van der Waals surface area (Å²) in [7, 11) is 1.44. The molecule has 2 rings (SSSR count). The summed E-state index contributed by atoms with van der Waals surface area (Å²) in [5.41, 5.74) is 7.56. The average Bonchev–Trinajstić information content (AvgIpc) is 2.45. The first-order valence-corrected chi connectivity index (χ1v) is 6.41. The first-order valence-electron chi connectivity index (χ1n) is 6.41. The molecule has 1 unspecified atom stereocenters. The van der Waals surface area contributed by atoms with Gasteiger partial charge in [0.15, 0.2) is 11.6 Å². The summed E-state index contributed by atoms with van der Waals surface area (Å²) in [5.74, 6) is 0.553. The minimum Gasteiger partial charge on any atom is -0.494 e. The van der Waals surface area contributed by atoms with Gasteiger partial charge in [-0.15, -0.1) is 0 Å². The molecule has 0 aromatic heterocycles. The Hall–Kier alpha value is -2.07. The Morgan fingerprint density at radius 2 is 1.90 bits per heavy atom. The first kappa shape index (κ1) is 14.3. The molecule has 0 radical (unpaired) electrons. The van der Waals surface area contributed by atoms with E-state index in [2.05, 4.69) is 0 Å². The molecule has 0 heterocycles. The largest absolute Gasteiger partial charge is 0.494 e. The van der Waals surface area contributed by atoms with Crippen molar-refractivity contribution in [1.82, 2.24) is 0 Å². The van der Waals surface area contributed by atoms with E-state index in [0.29, 0.717) is 0 Å². The fourth-order valence-electron chi connectivity index (χ4n) is 1.95. The Morgan fingerprint density at radius 1 is 1.15 bits per heavy atom. The van der Waals surface area contributed by atoms with E-state index >= 15 is 0 Å². The number of nitrogens with two attached hydrogens (primary N) is 1. The minimum atomic E-state index is -0.394. The van der Waals surface area contributed by atoms with E-state index in [1.165, 1.54) is 13.2 Å². The smallest absolute Gasteiger partial charge is 0.165 e. The summed E-state index contributed by atoms with van der Waals surface area (Å²) in [6, 6.07) is 12.2. The predicted octanol–water partition coefficient (Wildman–Crippen LogP) is 3.43.